The van der Waals surface area contributed by atoms with Gasteiger partial charge in [0.2, 0.25) is 0 Å². The number of aryl methyl sites for hydroxylation is 1. The van der Waals surface area contributed by atoms with Crippen molar-refractivity contribution >= 4 is 11.8 Å². The third-order valence-electron chi connectivity index (χ3n) is 4.33. The Morgan fingerprint density at radius 3 is 2.08 bits per heavy atom. The monoisotopic (exact) mass is 356 g/mol. The number of aliphatic carboxylic acids is 1. The van der Waals surface area contributed by atoms with Crippen molar-refractivity contribution in [2.24, 2.45) is 0 Å². The number of hydrogen-bond donors (Lipinski definition) is 3. The van der Waals surface area contributed by atoms with Crippen molar-refractivity contribution in [1.82, 2.24) is 0 Å². The Balaban J connectivity index is 2.24. The van der Waals surface area contributed by atoms with Gasteiger partial charge in [0.05, 0.1) is 5.56 Å². The standard InChI is InChI=1S/C21H24O5/c1-21(2,3)15-10-7-14(8-11-15)18(24)16-12-9-13(19(25)20(16)26)5-4-6-17(22)23/h7-12,25-26H,4-6H2,1-3H3,(H,22,23). The molecule has 0 spiro atoms. The molecular formula is C21H24O5. The van der Waals surface area contributed by atoms with Crippen molar-refractivity contribution in [2.45, 2.75) is 45.4 Å². The molecule has 0 aliphatic carbocycles. The molecule has 0 fully saturated rings. The fourth-order valence-electron chi connectivity index (χ4n) is 2.71. The summed E-state index contributed by atoms with van der Waals surface area (Å²) in [5.41, 5.74) is 1.93. The third kappa shape index (κ3) is 4.42. The zero-order chi connectivity index (χ0) is 19.5. The number of ketones is 1. The third-order valence-corrected chi connectivity index (χ3v) is 4.33. The Morgan fingerprint density at radius 2 is 1.54 bits per heavy atom. The number of benzene rings is 2. The number of carboxylic acid groups (broad SMARTS) is 1. The molecule has 138 valence electrons. The summed E-state index contributed by atoms with van der Waals surface area (Å²) >= 11 is 0. The highest BCUT2D eigenvalue weighted by Crippen LogP contribution is 2.35. The molecule has 0 atom stereocenters. The maximum Gasteiger partial charge on any atom is 0.303 e. The molecule has 2 aromatic rings. The van der Waals surface area contributed by atoms with Crippen molar-refractivity contribution < 1.29 is 24.9 Å². The molecule has 0 saturated carbocycles. The SMILES string of the molecule is CC(C)(C)c1ccc(C(=O)c2ccc(CCCC(=O)O)c(O)c2O)cc1. The van der Waals surface area contributed by atoms with Crippen molar-refractivity contribution in [3.63, 3.8) is 0 Å². The molecule has 5 nitrogen and oxygen atoms in total. The van der Waals surface area contributed by atoms with Gasteiger partial charge in [-0.25, -0.2) is 0 Å². The first-order valence-corrected chi connectivity index (χ1v) is 8.52. The van der Waals surface area contributed by atoms with Gasteiger partial charge in [0, 0.05) is 12.0 Å². The summed E-state index contributed by atoms with van der Waals surface area (Å²) in [5, 5.41) is 29.0. The van der Waals surface area contributed by atoms with Crippen LogP contribution in [-0.4, -0.2) is 27.1 Å². The molecule has 0 unspecified atom stereocenters. The largest absolute Gasteiger partial charge is 0.504 e. The zero-order valence-electron chi connectivity index (χ0n) is 15.2. The quantitative estimate of drug-likeness (QED) is 0.536. The van der Waals surface area contributed by atoms with Crippen molar-refractivity contribution in [2.75, 3.05) is 0 Å². The van der Waals surface area contributed by atoms with Crippen LogP contribution < -0.4 is 0 Å². The number of aromatic hydroxyl groups is 2. The lowest BCUT2D eigenvalue weighted by Gasteiger charge is -2.19. The molecule has 0 aromatic heterocycles. The smallest absolute Gasteiger partial charge is 0.303 e. The van der Waals surface area contributed by atoms with E-state index in [9.17, 15) is 19.8 Å². The number of phenols is 2. The zero-order valence-corrected chi connectivity index (χ0v) is 15.2. The van der Waals surface area contributed by atoms with Gasteiger partial charge in [-0.2, -0.15) is 0 Å². The number of rotatable bonds is 6. The second kappa shape index (κ2) is 7.60. The fourth-order valence-corrected chi connectivity index (χ4v) is 2.71. The molecule has 0 amide bonds. The van der Waals surface area contributed by atoms with E-state index in [4.69, 9.17) is 5.11 Å². The van der Waals surface area contributed by atoms with Crippen LogP contribution in [0.4, 0.5) is 0 Å². The maximum absolute atomic E-state index is 12.6. The molecule has 0 saturated heterocycles. The lowest BCUT2D eigenvalue weighted by atomic mass is 9.86. The highest BCUT2D eigenvalue weighted by molar-refractivity contribution is 6.11. The van der Waals surface area contributed by atoms with Crippen molar-refractivity contribution in [3.05, 3.63) is 58.7 Å². The summed E-state index contributed by atoms with van der Waals surface area (Å²) in [7, 11) is 0. The lowest BCUT2D eigenvalue weighted by Crippen LogP contribution is -2.11. The van der Waals surface area contributed by atoms with Crippen LogP contribution in [0.25, 0.3) is 0 Å². The van der Waals surface area contributed by atoms with Crippen LogP contribution >= 0.6 is 0 Å². The second-order valence-electron chi connectivity index (χ2n) is 7.37. The van der Waals surface area contributed by atoms with Gasteiger partial charge in [-0.15, -0.1) is 0 Å². The van der Waals surface area contributed by atoms with Crippen LogP contribution in [0.3, 0.4) is 0 Å². The molecule has 2 aromatic carbocycles. The van der Waals surface area contributed by atoms with Crippen LogP contribution in [-0.2, 0) is 16.6 Å². The van der Waals surface area contributed by atoms with Crippen LogP contribution in [0.2, 0.25) is 0 Å². The lowest BCUT2D eigenvalue weighted by molar-refractivity contribution is -0.137. The van der Waals surface area contributed by atoms with E-state index in [1.165, 1.54) is 6.07 Å². The average Bonchev–Trinajstić information content (AvgIpc) is 2.57. The van der Waals surface area contributed by atoms with Crippen molar-refractivity contribution in [1.29, 1.82) is 0 Å². The van der Waals surface area contributed by atoms with E-state index < -0.39 is 11.7 Å². The van der Waals surface area contributed by atoms with E-state index in [1.54, 1.807) is 18.2 Å². The number of carbonyl (C=O) groups excluding carboxylic acids is 1. The minimum atomic E-state index is -0.917. The molecule has 3 N–H and O–H groups in total. The Labute approximate surface area is 152 Å². The molecule has 0 bridgehead atoms. The molecule has 5 heteroatoms. The molecular weight excluding hydrogens is 332 g/mol. The van der Waals surface area contributed by atoms with Gasteiger partial charge in [-0.05, 0) is 35.4 Å². The predicted molar refractivity (Wildman–Crippen MR) is 98.9 cm³/mol. The molecule has 26 heavy (non-hydrogen) atoms. The normalized spacial score (nSPS) is 11.3. The summed E-state index contributed by atoms with van der Waals surface area (Å²) in [6.45, 7) is 6.24. The van der Waals surface area contributed by atoms with Gasteiger partial charge >= 0.3 is 5.97 Å². The van der Waals surface area contributed by atoms with Crippen LogP contribution in [0.5, 0.6) is 11.5 Å². The number of phenolic OH excluding ortho intramolecular Hbond substituents is 2. The maximum atomic E-state index is 12.6. The Morgan fingerprint density at radius 1 is 0.923 bits per heavy atom. The van der Waals surface area contributed by atoms with E-state index in [2.05, 4.69) is 20.8 Å². The van der Waals surface area contributed by atoms with Gasteiger partial charge in [-0.3, -0.25) is 9.59 Å². The molecule has 0 radical (unpaired) electrons. The molecule has 0 aliphatic rings. The summed E-state index contributed by atoms with van der Waals surface area (Å²) < 4.78 is 0. The predicted octanol–water partition coefficient (Wildman–Crippen LogP) is 4.03. The minimum absolute atomic E-state index is 0.0213. The number of carbonyl (C=O) groups is 2. The number of carboxylic acids is 1. The van der Waals surface area contributed by atoms with E-state index in [0.717, 1.165) is 5.56 Å². The Hall–Kier alpha value is -2.82. The number of hydrogen-bond acceptors (Lipinski definition) is 4. The topological polar surface area (TPSA) is 94.8 Å². The highest BCUT2D eigenvalue weighted by atomic mass is 16.4. The van der Waals surface area contributed by atoms with Gasteiger partial charge in [0.1, 0.15) is 0 Å². The van der Waals surface area contributed by atoms with Crippen LogP contribution in [0, 0.1) is 0 Å². The first-order valence-electron chi connectivity index (χ1n) is 8.52. The van der Waals surface area contributed by atoms with Crippen LogP contribution in [0.15, 0.2) is 36.4 Å². The summed E-state index contributed by atoms with van der Waals surface area (Å²) in [5.74, 6) is -2.13. The Bertz CT molecular complexity index is 814. The summed E-state index contributed by atoms with van der Waals surface area (Å²) in [4.78, 5) is 23.2. The van der Waals surface area contributed by atoms with E-state index in [1.807, 2.05) is 12.1 Å². The second-order valence-corrected chi connectivity index (χ2v) is 7.37. The summed E-state index contributed by atoms with van der Waals surface area (Å²) in [6.07, 6.45) is 0.616. The van der Waals surface area contributed by atoms with Gasteiger partial charge in [0.25, 0.3) is 0 Å². The average molecular weight is 356 g/mol. The first-order chi connectivity index (χ1) is 12.1. The molecule has 0 heterocycles. The van der Waals surface area contributed by atoms with Gasteiger partial charge < -0.3 is 15.3 Å². The first kappa shape index (κ1) is 19.5. The van der Waals surface area contributed by atoms with Gasteiger partial charge in [-0.1, -0.05) is 51.1 Å². The van der Waals surface area contributed by atoms with Gasteiger partial charge in [0.15, 0.2) is 17.3 Å². The molecule has 2 rings (SSSR count). The fraction of sp³-hybridized carbons (Fsp3) is 0.333. The van der Waals surface area contributed by atoms with E-state index >= 15 is 0 Å². The van der Waals surface area contributed by atoms with Crippen LogP contribution in [0.1, 0.15) is 60.7 Å². The molecule has 0 aliphatic heterocycles. The minimum Gasteiger partial charge on any atom is -0.504 e. The van der Waals surface area contributed by atoms with E-state index in [0.29, 0.717) is 24.0 Å². The van der Waals surface area contributed by atoms with Crippen molar-refractivity contribution in [3.8, 4) is 11.5 Å². The summed E-state index contributed by atoms with van der Waals surface area (Å²) in [6, 6.07) is 10.2. The van der Waals surface area contributed by atoms with E-state index in [-0.39, 0.29) is 28.9 Å². The highest BCUT2D eigenvalue weighted by Gasteiger charge is 2.20. The Kier molecular flexibility index (Phi) is 5.70.